The molecule has 2 aliphatic rings. The maximum atomic E-state index is 5.99. The summed E-state index contributed by atoms with van der Waals surface area (Å²) in [4.78, 5) is 0. The van der Waals surface area contributed by atoms with Crippen LogP contribution in [0.2, 0.25) is 0 Å². The van der Waals surface area contributed by atoms with Crippen molar-refractivity contribution in [1.29, 1.82) is 0 Å². The zero-order valence-corrected chi connectivity index (χ0v) is 11.9. The number of hydrogen-bond donors (Lipinski definition) is 1. The molecule has 1 fully saturated rings. The first-order chi connectivity index (χ1) is 9.38. The van der Waals surface area contributed by atoms with Crippen molar-refractivity contribution >= 4 is 0 Å². The second-order valence-electron chi connectivity index (χ2n) is 5.90. The van der Waals surface area contributed by atoms with E-state index < -0.39 is 0 Å². The molecule has 1 aliphatic carbocycles. The van der Waals surface area contributed by atoms with E-state index in [-0.39, 0.29) is 0 Å². The summed E-state index contributed by atoms with van der Waals surface area (Å²) in [5, 5.41) is 3.66. The van der Waals surface area contributed by atoms with Gasteiger partial charge in [-0.3, -0.25) is 0 Å². The fraction of sp³-hybridized carbons (Fsp3) is 0.647. The number of fused-ring (bicyclic) bond motifs is 1. The zero-order valence-electron chi connectivity index (χ0n) is 11.9. The molecular formula is C17H25NO. The molecule has 0 spiro atoms. The molecule has 2 nitrogen and oxygen atoms in total. The second-order valence-corrected chi connectivity index (χ2v) is 5.90. The number of nitrogens with one attached hydrogen (secondary N) is 1. The molecule has 1 aromatic carbocycles. The highest BCUT2D eigenvalue weighted by Gasteiger charge is 2.32. The van der Waals surface area contributed by atoms with E-state index >= 15 is 0 Å². The van der Waals surface area contributed by atoms with E-state index in [4.69, 9.17) is 4.74 Å². The first-order valence-electron chi connectivity index (χ1n) is 7.81. The lowest BCUT2D eigenvalue weighted by Crippen LogP contribution is -2.44. The Labute approximate surface area is 116 Å². The van der Waals surface area contributed by atoms with E-state index in [0.29, 0.717) is 12.1 Å². The van der Waals surface area contributed by atoms with Gasteiger partial charge in [0.2, 0.25) is 0 Å². The average molecular weight is 259 g/mol. The fourth-order valence-electron chi connectivity index (χ4n) is 3.59. The molecule has 19 heavy (non-hydrogen) atoms. The van der Waals surface area contributed by atoms with Crippen molar-refractivity contribution in [3.63, 3.8) is 0 Å². The van der Waals surface area contributed by atoms with E-state index in [1.807, 2.05) is 0 Å². The van der Waals surface area contributed by atoms with Crippen molar-refractivity contribution in [3.8, 4) is 0 Å². The van der Waals surface area contributed by atoms with Crippen LogP contribution in [0.1, 0.15) is 49.7 Å². The van der Waals surface area contributed by atoms with Gasteiger partial charge in [0, 0.05) is 12.6 Å². The molecule has 1 N–H and O–H groups in total. The molecule has 2 heteroatoms. The van der Waals surface area contributed by atoms with E-state index in [0.717, 1.165) is 19.1 Å². The third-order valence-electron chi connectivity index (χ3n) is 4.63. The van der Waals surface area contributed by atoms with Crippen LogP contribution in [-0.4, -0.2) is 25.3 Å². The number of ether oxygens (including phenoxy) is 1. The Morgan fingerprint density at radius 2 is 2.21 bits per heavy atom. The van der Waals surface area contributed by atoms with Crippen molar-refractivity contribution < 1.29 is 4.74 Å². The lowest BCUT2D eigenvalue weighted by atomic mass is 9.73. The number of likely N-dealkylation sites (N-methyl/N-ethyl adjacent to an activating group) is 1. The molecular weight excluding hydrogens is 234 g/mol. The smallest absolute Gasteiger partial charge is 0.0728 e. The highest BCUT2D eigenvalue weighted by atomic mass is 16.5. The SMILES string of the molecule is CCNC(CC1Cc2ccccc21)C1CCCCO1. The van der Waals surface area contributed by atoms with Gasteiger partial charge in [-0.15, -0.1) is 0 Å². The third-order valence-corrected chi connectivity index (χ3v) is 4.63. The van der Waals surface area contributed by atoms with Crippen LogP contribution in [0, 0.1) is 0 Å². The molecule has 3 unspecified atom stereocenters. The average Bonchev–Trinajstić information content (AvgIpc) is 2.44. The van der Waals surface area contributed by atoms with Gasteiger partial charge >= 0.3 is 0 Å². The van der Waals surface area contributed by atoms with Crippen molar-refractivity contribution in [2.45, 2.75) is 57.1 Å². The standard InChI is InChI=1S/C17H25NO/c1-2-18-16(17-9-5-6-10-19-17)12-14-11-13-7-3-4-8-15(13)14/h3-4,7-8,14,16-18H,2,5-6,9-12H2,1H3. The summed E-state index contributed by atoms with van der Waals surface area (Å²) in [6.45, 7) is 4.19. The summed E-state index contributed by atoms with van der Waals surface area (Å²) in [7, 11) is 0. The third kappa shape index (κ3) is 2.85. The highest BCUT2D eigenvalue weighted by molar-refractivity contribution is 5.40. The zero-order chi connectivity index (χ0) is 13.1. The lowest BCUT2D eigenvalue weighted by Gasteiger charge is -2.37. The van der Waals surface area contributed by atoms with Gasteiger partial charge in [0.05, 0.1) is 6.10 Å². The van der Waals surface area contributed by atoms with Crippen molar-refractivity contribution in [2.24, 2.45) is 0 Å². The predicted molar refractivity (Wildman–Crippen MR) is 78.6 cm³/mol. The van der Waals surface area contributed by atoms with E-state index in [1.165, 1.54) is 32.1 Å². The highest BCUT2D eigenvalue weighted by Crippen LogP contribution is 2.39. The summed E-state index contributed by atoms with van der Waals surface area (Å²) in [5.74, 6) is 0.741. The summed E-state index contributed by atoms with van der Waals surface area (Å²) in [6.07, 6.45) is 6.71. The number of hydrogen-bond acceptors (Lipinski definition) is 2. The monoisotopic (exact) mass is 259 g/mol. The van der Waals surface area contributed by atoms with Crippen molar-refractivity contribution in [2.75, 3.05) is 13.2 Å². The predicted octanol–water partition coefficient (Wildman–Crippen LogP) is 3.26. The van der Waals surface area contributed by atoms with Gasteiger partial charge in [0.15, 0.2) is 0 Å². The maximum Gasteiger partial charge on any atom is 0.0728 e. The van der Waals surface area contributed by atoms with E-state index in [1.54, 1.807) is 11.1 Å². The van der Waals surface area contributed by atoms with Gasteiger partial charge in [0.1, 0.15) is 0 Å². The molecule has 1 aliphatic heterocycles. The molecule has 3 atom stereocenters. The molecule has 0 saturated carbocycles. The first kappa shape index (κ1) is 13.1. The molecule has 0 bridgehead atoms. The Kier molecular flexibility index (Phi) is 4.19. The molecule has 104 valence electrons. The van der Waals surface area contributed by atoms with Gasteiger partial charge in [-0.25, -0.2) is 0 Å². The van der Waals surface area contributed by atoms with Gasteiger partial charge in [-0.2, -0.15) is 0 Å². The van der Waals surface area contributed by atoms with Crippen LogP contribution in [0.4, 0.5) is 0 Å². The summed E-state index contributed by atoms with van der Waals surface area (Å²) in [5.41, 5.74) is 3.12. The number of benzene rings is 1. The van der Waals surface area contributed by atoms with Crippen molar-refractivity contribution in [1.82, 2.24) is 5.32 Å². The number of rotatable bonds is 5. The minimum absolute atomic E-state index is 0.432. The van der Waals surface area contributed by atoms with Gasteiger partial charge < -0.3 is 10.1 Å². The lowest BCUT2D eigenvalue weighted by molar-refractivity contribution is -0.0108. The van der Waals surface area contributed by atoms with Crippen LogP contribution in [-0.2, 0) is 11.2 Å². The van der Waals surface area contributed by atoms with Crippen LogP contribution in [0.3, 0.4) is 0 Å². The van der Waals surface area contributed by atoms with Gasteiger partial charge in [0.25, 0.3) is 0 Å². The van der Waals surface area contributed by atoms with Crippen LogP contribution >= 0.6 is 0 Å². The largest absolute Gasteiger partial charge is 0.377 e. The summed E-state index contributed by atoms with van der Waals surface area (Å²) in [6, 6.07) is 9.42. The molecule has 3 rings (SSSR count). The molecule has 1 heterocycles. The maximum absolute atomic E-state index is 5.99. The van der Waals surface area contributed by atoms with Crippen LogP contribution in [0.5, 0.6) is 0 Å². The van der Waals surface area contributed by atoms with Crippen LogP contribution < -0.4 is 5.32 Å². The summed E-state index contributed by atoms with van der Waals surface area (Å²) >= 11 is 0. The first-order valence-corrected chi connectivity index (χ1v) is 7.81. The minimum atomic E-state index is 0.432. The Morgan fingerprint density at radius 3 is 2.95 bits per heavy atom. The fourth-order valence-corrected chi connectivity index (χ4v) is 3.59. The second kappa shape index (κ2) is 6.06. The van der Waals surface area contributed by atoms with Crippen LogP contribution in [0.15, 0.2) is 24.3 Å². The Hall–Kier alpha value is -0.860. The molecule has 0 aromatic heterocycles. The quantitative estimate of drug-likeness (QED) is 0.876. The van der Waals surface area contributed by atoms with E-state index in [2.05, 4.69) is 36.5 Å². The van der Waals surface area contributed by atoms with E-state index in [9.17, 15) is 0 Å². The van der Waals surface area contributed by atoms with Crippen LogP contribution in [0.25, 0.3) is 0 Å². The molecule has 0 amide bonds. The molecule has 1 aromatic rings. The Bertz CT molecular complexity index is 411. The molecule has 1 saturated heterocycles. The topological polar surface area (TPSA) is 21.3 Å². The normalized spacial score (nSPS) is 27.4. The van der Waals surface area contributed by atoms with Crippen molar-refractivity contribution in [3.05, 3.63) is 35.4 Å². The van der Waals surface area contributed by atoms with Gasteiger partial charge in [-0.05, 0) is 55.7 Å². The molecule has 0 radical (unpaired) electrons. The summed E-state index contributed by atoms with van der Waals surface area (Å²) < 4.78 is 5.99. The minimum Gasteiger partial charge on any atom is -0.377 e. The Morgan fingerprint density at radius 1 is 1.32 bits per heavy atom. The van der Waals surface area contributed by atoms with Gasteiger partial charge in [-0.1, -0.05) is 31.2 Å². The Balaban J connectivity index is 1.62.